The van der Waals surface area contributed by atoms with Crippen molar-refractivity contribution in [2.45, 2.75) is 20.0 Å². The summed E-state index contributed by atoms with van der Waals surface area (Å²) in [5.74, 6) is -0.647. The maximum Gasteiger partial charge on any atom is 0.375 e. The predicted octanol–water partition coefficient (Wildman–Crippen LogP) is 4.59. The Morgan fingerprint density at radius 1 is 1.19 bits per heavy atom. The van der Waals surface area contributed by atoms with Crippen LogP contribution in [0.3, 0.4) is 0 Å². The number of benzene rings is 2. The number of aryl methyl sites for hydroxylation is 1. The molecular formula is C20H18ClNO5. The highest BCUT2D eigenvalue weighted by Crippen LogP contribution is 2.29. The largest absolute Gasteiger partial charge is 0.495 e. The molecule has 0 fully saturated rings. The third-order valence-corrected chi connectivity index (χ3v) is 4.34. The second kappa shape index (κ2) is 7.72. The van der Waals surface area contributed by atoms with Crippen molar-refractivity contribution in [1.29, 1.82) is 0 Å². The zero-order chi connectivity index (χ0) is 19.6. The maximum atomic E-state index is 12.5. The first-order valence-electron chi connectivity index (χ1n) is 8.24. The van der Waals surface area contributed by atoms with Gasteiger partial charge in [-0.25, -0.2) is 4.79 Å². The normalized spacial score (nSPS) is 11.9. The molecule has 0 bridgehead atoms. The van der Waals surface area contributed by atoms with Gasteiger partial charge >= 0.3 is 5.97 Å². The zero-order valence-electron chi connectivity index (χ0n) is 15.0. The zero-order valence-corrected chi connectivity index (χ0v) is 15.8. The molecule has 1 atom stereocenters. The Balaban J connectivity index is 1.73. The first-order chi connectivity index (χ1) is 12.9. The summed E-state index contributed by atoms with van der Waals surface area (Å²) < 4.78 is 16.0. The van der Waals surface area contributed by atoms with Gasteiger partial charge in [0, 0.05) is 16.0 Å². The van der Waals surface area contributed by atoms with Crippen molar-refractivity contribution in [3.05, 3.63) is 58.8 Å². The van der Waals surface area contributed by atoms with E-state index in [9.17, 15) is 9.59 Å². The highest BCUT2D eigenvalue weighted by atomic mass is 35.5. The van der Waals surface area contributed by atoms with Crippen LogP contribution in [-0.4, -0.2) is 25.1 Å². The van der Waals surface area contributed by atoms with E-state index in [0.29, 0.717) is 27.6 Å². The third kappa shape index (κ3) is 3.90. The van der Waals surface area contributed by atoms with E-state index in [1.54, 1.807) is 49.4 Å². The Labute approximate surface area is 161 Å². The summed E-state index contributed by atoms with van der Waals surface area (Å²) in [6, 6.07) is 12.0. The van der Waals surface area contributed by atoms with Gasteiger partial charge in [0.15, 0.2) is 6.10 Å². The molecule has 1 amide bonds. The van der Waals surface area contributed by atoms with Crippen molar-refractivity contribution in [3.8, 4) is 5.75 Å². The molecule has 0 aliphatic carbocycles. The van der Waals surface area contributed by atoms with Crippen LogP contribution in [0.5, 0.6) is 5.75 Å². The second-order valence-electron chi connectivity index (χ2n) is 5.93. The molecule has 0 unspecified atom stereocenters. The lowest BCUT2D eigenvalue weighted by Gasteiger charge is -2.14. The van der Waals surface area contributed by atoms with E-state index in [0.717, 1.165) is 5.39 Å². The lowest BCUT2D eigenvalue weighted by atomic mass is 10.1. The standard InChI is InChI=1S/C20H18ClNO5/c1-11-14-10-13(21)8-9-16(14)27-18(11)20(24)26-12(2)19(23)22-15-6-4-5-7-17(15)25-3/h4-10,12H,1-3H3,(H,22,23)/t12-/m1/s1. The molecule has 27 heavy (non-hydrogen) atoms. The number of para-hydroxylation sites is 2. The van der Waals surface area contributed by atoms with E-state index in [1.165, 1.54) is 14.0 Å². The molecule has 7 heteroatoms. The Morgan fingerprint density at radius 2 is 1.93 bits per heavy atom. The molecule has 1 heterocycles. The number of carbonyl (C=O) groups is 2. The minimum atomic E-state index is -1.03. The number of halogens is 1. The van der Waals surface area contributed by atoms with Gasteiger partial charge in [-0.15, -0.1) is 0 Å². The van der Waals surface area contributed by atoms with Crippen LogP contribution in [0.15, 0.2) is 46.9 Å². The number of anilines is 1. The third-order valence-electron chi connectivity index (χ3n) is 4.10. The smallest absolute Gasteiger partial charge is 0.375 e. The van der Waals surface area contributed by atoms with Gasteiger partial charge in [-0.3, -0.25) is 4.79 Å². The van der Waals surface area contributed by atoms with Gasteiger partial charge in [0.05, 0.1) is 12.8 Å². The Kier molecular flexibility index (Phi) is 5.37. The van der Waals surface area contributed by atoms with Crippen LogP contribution in [-0.2, 0) is 9.53 Å². The van der Waals surface area contributed by atoms with Crippen molar-refractivity contribution < 1.29 is 23.5 Å². The number of rotatable bonds is 5. The first-order valence-corrected chi connectivity index (χ1v) is 8.62. The summed E-state index contributed by atoms with van der Waals surface area (Å²) in [7, 11) is 1.51. The molecular weight excluding hydrogens is 370 g/mol. The summed E-state index contributed by atoms with van der Waals surface area (Å²) >= 11 is 5.99. The molecule has 2 aromatic carbocycles. The van der Waals surface area contributed by atoms with E-state index in [4.69, 9.17) is 25.5 Å². The lowest BCUT2D eigenvalue weighted by molar-refractivity contribution is -0.123. The molecule has 0 aliphatic heterocycles. The fourth-order valence-corrected chi connectivity index (χ4v) is 2.81. The van der Waals surface area contributed by atoms with Crippen LogP contribution in [0.4, 0.5) is 5.69 Å². The first kappa shape index (κ1) is 18.8. The number of nitrogens with one attached hydrogen (secondary N) is 1. The SMILES string of the molecule is COc1ccccc1NC(=O)[C@@H](C)OC(=O)c1oc2ccc(Cl)cc2c1C. The van der Waals surface area contributed by atoms with Crippen LogP contribution in [0.1, 0.15) is 23.0 Å². The number of fused-ring (bicyclic) bond motifs is 1. The quantitative estimate of drug-likeness (QED) is 0.648. The molecule has 140 valence electrons. The molecule has 1 aromatic heterocycles. The van der Waals surface area contributed by atoms with E-state index in [2.05, 4.69) is 5.32 Å². The average Bonchev–Trinajstić information content (AvgIpc) is 2.98. The number of esters is 1. The molecule has 0 radical (unpaired) electrons. The van der Waals surface area contributed by atoms with Gasteiger partial charge in [-0.05, 0) is 44.2 Å². The number of carbonyl (C=O) groups excluding carboxylic acids is 2. The number of methoxy groups -OCH3 is 1. The number of ether oxygens (including phenoxy) is 2. The molecule has 0 aliphatic rings. The minimum Gasteiger partial charge on any atom is -0.495 e. The lowest BCUT2D eigenvalue weighted by Crippen LogP contribution is -2.30. The fraction of sp³-hybridized carbons (Fsp3) is 0.200. The van der Waals surface area contributed by atoms with Crippen molar-refractivity contribution in [1.82, 2.24) is 0 Å². The van der Waals surface area contributed by atoms with Gasteiger partial charge in [-0.1, -0.05) is 23.7 Å². The highest BCUT2D eigenvalue weighted by molar-refractivity contribution is 6.31. The van der Waals surface area contributed by atoms with Crippen LogP contribution in [0.25, 0.3) is 11.0 Å². The number of furan rings is 1. The van der Waals surface area contributed by atoms with Crippen LogP contribution in [0, 0.1) is 6.92 Å². The maximum absolute atomic E-state index is 12.5. The molecule has 3 rings (SSSR count). The molecule has 6 nitrogen and oxygen atoms in total. The van der Waals surface area contributed by atoms with Crippen LogP contribution in [0.2, 0.25) is 5.02 Å². The summed E-state index contributed by atoms with van der Waals surface area (Å²) in [4.78, 5) is 24.8. The molecule has 0 saturated heterocycles. The predicted molar refractivity (Wildman–Crippen MR) is 102 cm³/mol. The summed E-state index contributed by atoms with van der Waals surface area (Å²) in [5, 5.41) is 3.94. The number of amides is 1. The molecule has 3 aromatic rings. The summed E-state index contributed by atoms with van der Waals surface area (Å²) in [5.41, 5.74) is 1.62. The van der Waals surface area contributed by atoms with Crippen LogP contribution >= 0.6 is 11.6 Å². The average molecular weight is 388 g/mol. The second-order valence-corrected chi connectivity index (χ2v) is 6.37. The van der Waals surface area contributed by atoms with Crippen molar-refractivity contribution in [3.63, 3.8) is 0 Å². The summed E-state index contributed by atoms with van der Waals surface area (Å²) in [6.45, 7) is 3.22. The Bertz CT molecular complexity index is 1010. The Hall–Kier alpha value is -2.99. The minimum absolute atomic E-state index is 0.0456. The van der Waals surface area contributed by atoms with Crippen molar-refractivity contribution in [2.75, 3.05) is 12.4 Å². The monoisotopic (exact) mass is 387 g/mol. The van der Waals surface area contributed by atoms with E-state index >= 15 is 0 Å². The van der Waals surface area contributed by atoms with Crippen molar-refractivity contribution >= 4 is 40.1 Å². The highest BCUT2D eigenvalue weighted by Gasteiger charge is 2.24. The van der Waals surface area contributed by atoms with Crippen LogP contribution < -0.4 is 10.1 Å². The van der Waals surface area contributed by atoms with Gasteiger partial charge in [0.1, 0.15) is 11.3 Å². The van der Waals surface area contributed by atoms with E-state index < -0.39 is 18.0 Å². The van der Waals surface area contributed by atoms with Gasteiger partial charge in [-0.2, -0.15) is 0 Å². The van der Waals surface area contributed by atoms with E-state index in [1.807, 2.05) is 0 Å². The van der Waals surface area contributed by atoms with Gasteiger partial charge in [0.2, 0.25) is 5.76 Å². The number of hydrogen-bond donors (Lipinski definition) is 1. The van der Waals surface area contributed by atoms with E-state index in [-0.39, 0.29) is 5.76 Å². The Morgan fingerprint density at radius 3 is 2.67 bits per heavy atom. The number of hydrogen-bond acceptors (Lipinski definition) is 5. The molecule has 0 saturated carbocycles. The topological polar surface area (TPSA) is 77.8 Å². The molecule has 1 N–H and O–H groups in total. The van der Waals surface area contributed by atoms with Crippen molar-refractivity contribution in [2.24, 2.45) is 0 Å². The summed E-state index contributed by atoms with van der Waals surface area (Å²) in [6.07, 6.45) is -1.03. The molecule has 0 spiro atoms. The fourth-order valence-electron chi connectivity index (χ4n) is 2.64. The van der Waals surface area contributed by atoms with Gasteiger partial charge < -0.3 is 19.2 Å². The van der Waals surface area contributed by atoms with Gasteiger partial charge in [0.25, 0.3) is 5.91 Å².